The first kappa shape index (κ1) is 23.9. The van der Waals surface area contributed by atoms with Crippen molar-refractivity contribution in [1.29, 1.82) is 0 Å². The summed E-state index contributed by atoms with van der Waals surface area (Å²) < 4.78 is 22.1. The molecule has 180 valence electrons. The molecule has 0 unspecified atom stereocenters. The van der Waals surface area contributed by atoms with Crippen molar-refractivity contribution in [2.75, 3.05) is 58.9 Å². The fourth-order valence-corrected chi connectivity index (χ4v) is 3.88. The molecule has 2 aromatic carbocycles. The molecule has 34 heavy (non-hydrogen) atoms. The van der Waals surface area contributed by atoms with Crippen LogP contribution in [0.2, 0.25) is 0 Å². The Bertz CT molecular complexity index is 1110. The lowest BCUT2D eigenvalue weighted by Crippen LogP contribution is -2.38. The molecular weight excluding hydrogens is 454 g/mol. The smallest absolute Gasteiger partial charge is 0.230 e. The molecule has 10 heteroatoms. The third-order valence-corrected chi connectivity index (χ3v) is 5.72. The molecule has 2 heterocycles. The molecule has 0 spiro atoms. The van der Waals surface area contributed by atoms with Gasteiger partial charge in [0.05, 0.1) is 38.3 Å². The van der Waals surface area contributed by atoms with Crippen LogP contribution in [0.15, 0.2) is 42.7 Å². The number of methoxy groups -OCH3 is 2. The number of ether oxygens (including phenoxy) is 4. The molecule has 0 bridgehead atoms. The van der Waals surface area contributed by atoms with Crippen LogP contribution in [-0.2, 0) is 4.74 Å². The largest absolute Gasteiger partial charge is 0.493 e. The first-order chi connectivity index (χ1) is 16.7. The molecule has 9 nitrogen and oxygen atoms in total. The van der Waals surface area contributed by atoms with Gasteiger partial charge < -0.3 is 29.6 Å². The predicted molar refractivity (Wildman–Crippen MR) is 135 cm³/mol. The Morgan fingerprint density at radius 3 is 2.53 bits per heavy atom. The van der Waals surface area contributed by atoms with Crippen LogP contribution in [0.4, 0.5) is 5.69 Å². The van der Waals surface area contributed by atoms with Crippen molar-refractivity contribution >= 4 is 33.9 Å². The maximum absolute atomic E-state index is 6.02. The van der Waals surface area contributed by atoms with Crippen molar-refractivity contribution in [3.63, 3.8) is 0 Å². The Balaban J connectivity index is 1.31. The highest BCUT2D eigenvalue weighted by molar-refractivity contribution is 7.80. The van der Waals surface area contributed by atoms with Gasteiger partial charge in [0, 0.05) is 31.4 Å². The van der Waals surface area contributed by atoms with Crippen molar-refractivity contribution in [1.82, 2.24) is 20.2 Å². The summed E-state index contributed by atoms with van der Waals surface area (Å²) in [5.74, 6) is 2.26. The number of nitrogens with one attached hydrogen (secondary N) is 2. The van der Waals surface area contributed by atoms with E-state index in [0.717, 1.165) is 56.9 Å². The summed E-state index contributed by atoms with van der Waals surface area (Å²) in [5, 5.41) is 7.78. The average Bonchev–Trinajstić information content (AvgIpc) is 2.88. The summed E-state index contributed by atoms with van der Waals surface area (Å²) in [5.41, 5.74) is 1.57. The summed E-state index contributed by atoms with van der Waals surface area (Å²) >= 11 is 5.41. The van der Waals surface area contributed by atoms with Crippen LogP contribution >= 0.6 is 12.2 Å². The highest BCUT2D eigenvalue weighted by atomic mass is 32.1. The van der Waals surface area contributed by atoms with Gasteiger partial charge in [-0.15, -0.1) is 0 Å². The maximum Gasteiger partial charge on any atom is 0.230 e. The summed E-state index contributed by atoms with van der Waals surface area (Å²) in [6, 6.07) is 11.1. The molecule has 3 aromatic rings. The molecule has 1 aromatic heterocycles. The van der Waals surface area contributed by atoms with E-state index in [0.29, 0.717) is 33.8 Å². The minimum Gasteiger partial charge on any atom is -0.493 e. The van der Waals surface area contributed by atoms with E-state index in [-0.39, 0.29) is 0 Å². The molecule has 1 fully saturated rings. The van der Waals surface area contributed by atoms with Gasteiger partial charge in [0.2, 0.25) is 5.88 Å². The zero-order valence-corrected chi connectivity index (χ0v) is 20.2. The number of aromatic nitrogens is 2. The number of fused-ring (bicyclic) bond motifs is 1. The second-order valence-corrected chi connectivity index (χ2v) is 8.13. The molecule has 4 rings (SSSR count). The van der Waals surface area contributed by atoms with Gasteiger partial charge in [-0.25, -0.2) is 9.97 Å². The molecule has 0 saturated carbocycles. The molecule has 0 radical (unpaired) electrons. The second kappa shape index (κ2) is 11.8. The van der Waals surface area contributed by atoms with Gasteiger partial charge in [0.15, 0.2) is 16.6 Å². The Hall–Kier alpha value is -3.21. The molecule has 0 amide bonds. The fraction of sp³-hybridized carbons (Fsp3) is 0.375. The van der Waals surface area contributed by atoms with Crippen LogP contribution in [0, 0.1) is 0 Å². The number of rotatable bonds is 9. The topological polar surface area (TPSA) is 90.0 Å². The third kappa shape index (κ3) is 6.22. The number of hydrogen-bond donors (Lipinski definition) is 2. The van der Waals surface area contributed by atoms with Crippen molar-refractivity contribution in [3.05, 3.63) is 42.7 Å². The van der Waals surface area contributed by atoms with Gasteiger partial charge in [-0.2, -0.15) is 0 Å². The fourth-order valence-electron chi connectivity index (χ4n) is 3.66. The van der Waals surface area contributed by atoms with Crippen LogP contribution in [-0.4, -0.2) is 73.6 Å². The SMILES string of the molecule is COc1cc2ncnc(Oc3ccc(NC(=S)NCCCN4CCOCC4)cc3)c2cc1OC. The molecule has 1 aliphatic rings. The van der Waals surface area contributed by atoms with Crippen molar-refractivity contribution in [2.45, 2.75) is 6.42 Å². The van der Waals surface area contributed by atoms with E-state index >= 15 is 0 Å². The lowest BCUT2D eigenvalue weighted by atomic mass is 10.2. The standard InChI is InChI=1S/C24H29N5O4S/c1-30-21-14-19-20(15-22(21)31-2)26-16-27-23(19)33-18-6-4-17(5-7-18)28-24(34)25-8-3-9-29-10-12-32-13-11-29/h4-7,14-16H,3,8-13H2,1-2H3,(H2,25,28,34). The normalized spacial score (nSPS) is 13.9. The van der Waals surface area contributed by atoms with Crippen LogP contribution in [0.1, 0.15) is 6.42 Å². The van der Waals surface area contributed by atoms with Gasteiger partial charge in [-0.05, 0) is 55.5 Å². The second-order valence-electron chi connectivity index (χ2n) is 7.72. The number of morpholine rings is 1. The highest BCUT2D eigenvalue weighted by Crippen LogP contribution is 2.35. The van der Waals surface area contributed by atoms with Crippen molar-refractivity contribution in [3.8, 4) is 23.1 Å². The first-order valence-corrected chi connectivity index (χ1v) is 11.6. The van der Waals surface area contributed by atoms with Crippen molar-refractivity contribution in [2.24, 2.45) is 0 Å². The maximum atomic E-state index is 6.02. The predicted octanol–water partition coefficient (Wildman–Crippen LogP) is 3.45. The molecule has 0 aliphatic carbocycles. The van der Waals surface area contributed by atoms with E-state index in [1.54, 1.807) is 20.3 Å². The quantitative estimate of drug-likeness (QED) is 0.348. The highest BCUT2D eigenvalue weighted by Gasteiger charge is 2.13. The molecule has 0 atom stereocenters. The lowest BCUT2D eigenvalue weighted by Gasteiger charge is -2.26. The van der Waals surface area contributed by atoms with E-state index in [2.05, 4.69) is 25.5 Å². The van der Waals surface area contributed by atoms with Crippen LogP contribution < -0.4 is 24.8 Å². The van der Waals surface area contributed by atoms with E-state index < -0.39 is 0 Å². The molecule has 1 saturated heterocycles. The number of benzene rings is 2. The molecular formula is C24H29N5O4S. The minimum absolute atomic E-state index is 0.434. The summed E-state index contributed by atoms with van der Waals surface area (Å²) in [6.07, 6.45) is 2.49. The van der Waals surface area contributed by atoms with Gasteiger partial charge >= 0.3 is 0 Å². The first-order valence-electron chi connectivity index (χ1n) is 11.2. The monoisotopic (exact) mass is 483 g/mol. The average molecular weight is 484 g/mol. The van der Waals surface area contributed by atoms with Gasteiger partial charge in [0.25, 0.3) is 0 Å². The van der Waals surface area contributed by atoms with Crippen LogP contribution in [0.5, 0.6) is 23.1 Å². The van der Waals surface area contributed by atoms with Gasteiger partial charge in [-0.1, -0.05) is 0 Å². The van der Waals surface area contributed by atoms with E-state index in [4.69, 9.17) is 31.2 Å². The summed E-state index contributed by atoms with van der Waals surface area (Å²) in [6.45, 7) is 5.51. The van der Waals surface area contributed by atoms with Crippen LogP contribution in [0.3, 0.4) is 0 Å². The number of nitrogens with zero attached hydrogens (tertiary/aromatic N) is 3. The van der Waals surface area contributed by atoms with Gasteiger partial charge in [-0.3, -0.25) is 4.90 Å². The zero-order valence-electron chi connectivity index (χ0n) is 19.4. The van der Waals surface area contributed by atoms with E-state index in [1.165, 1.54) is 6.33 Å². The Kier molecular flexibility index (Phi) is 8.29. The minimum atomic E-state index is 0.434. The van der Waals surface area contributed by atoms with Gasteiger partial charge in [0.1, 0.15) is 12.1 Å². The van der Waals surface area contributed by atoms with E-state index in [1.807, 2.05) is 30.3 Å². The Morgan fingerprint density at radius 1 is 1.06 bits per heavy atom. The Morgan fingerprint density at radius 2 is 1.79 bits per heavy atom. The zero-order chi connectivity index (χ0) is 23.8. The summed E-state index contributed by atoms with van der Waals surface area (Å²) in [7, 11) is 3.17. The third-order valence-electron chi connectivity index (χ3n) is 5.47. The lowest BCUT2D eigenvalue weighted by molar-refractivity contribution is 0.0376. The summed E-state index contributed by atoms with van der Waals surface area (Å²) in [4.78, 5) is 11.0. The Labute approximate surface area is 204 Å². The number of hydrogen-bond acceptors (Lipinski definition) is 8. The number of anilines is 1. The van der Waals surface area contributed by atoms with Crippen LogP contribution in [0.25, 0.3) is 10.9 Å². The molecule has 2 N–H and O–H groups in total. The van der Waals surface area contributed by atoms with E-state index in [9.17, 15) is 0 Å². The number of thiocarbonyl (C=S) groups is 1. The molecule has 1 aliphatic heterocycles. The van der Waals surface area contributed by atoms with Crippen molar-refractivity contribution < 1.29 is 18.9 Å².